The van der Waals surface area contributed by atoms with Crippen LogP contribution in [0.25, 0.3) is 0 Å². The average molecular weight is 240 g/mol. The highest BCUT2D eigenvalue weighted by Gasteiger charge is 2.02. The van der Waals surface area contributed by atoms with Gasteiger partial charge in [0.05, 0.1) is 7.85 Å². The van der Waals surface area contributed by atoms with Gasteiger partial charge in [-0.05, 0) is 24.3 Å². The van der Waals surface area contributed by atoms with Gasteiger partial charge >= 0.3 is 0 Å². The van der Waals surface area contributed by atoms with E-state index in [1.165, 1.54) is 12.0 Å². The van der Waals surface area contributed by atoms with Crippen molar-refractivity contribution in [2.45, 2.75) is 39.4 Å². The van der Waals surface area contributed by atoms with Gasteiger partial charge in [-0.1, -0.05) is 49.9 Å². The lowest BCUT2D eigenvalue weighted by atomic mass is 9.82. The van der Waals surface area contributed by atoms with Gasteiger partial charge in [0.2, 0.25) is 5.91 Å². The van der Waals surface area contributed by atoms with Gasteiger partial charge in [0.15, 0.2) is 0 Å². The fourth-order valence-corrected chi connectivity index (χ4v) is 1.60. The lowest BCUT2D eigenvalue weighted by Crippen LogP contribution is -2.35. The van der Waals surface area contributed by atoms with Crippen LogP contribution in [-0.4, -0.2) is 21.2 Å². The molecule has 4 heteroatoms. The molecule has 0 saturated carbocycles. The predicted molar refractivity (Wildman–Crippen MR) is 78.3 cm³/mol. The van der Waals surface area contributed by atoms with Gasteiger partial charge in [0.25, 0.3) is 7.41 Å². The smallest absolute Gasteiger partial charge is 0.284 e. The molecule has 0 saturated heterocycles. The van der Waals surface area contributed by atoms with Gasteiger partial charge in [-0.25, -0.2) is 0 Å². The van der Waals surface area contributed by atoms with Crippen LogP contribution in [0, 0.1) is 5.92 Å². The Balaban J connectivity index is 2.38. The minimum Gasteiger partial charge on any atom is -0.398 e. The molecule has 18 heavy (non-hydrogen) atoms. The van der Waals surface area contributed by atoms with E-state index in [0.29, 0.717) is 12.7 Å². The molecule has 1 N–H and O–H groups in total. The third kappa shape index (κ3) is 5.94. The van der Waals surface area contributed by atoms with Gasteiger partial charge in [0, 0.05) is 6.42 Å². The van der Waals surface area contributed by atoms with Crippen molar-refractivity contribution in [2.24, 2.45) is 5.92 Å². The summed E-state index contributed by atoms with van der Waals surface area (Å²) in [5, 5.41) is 2.73. The van der Waals surface area contributed by atoms with Crippen molar-refractivity contribution in [3.63, 3.8) is 0 Å². The predicted octanol–water partition coefficient (Wildman–Crippen LogP) is 1.61. The molecule has 0 fully saturated rings. The van der Waals surface area contributed by atoms with Crippen molar-refractivity contribution in [1.29, 1.82) is 0 Å². The molecule has 0 spiro atoms. The first-order valence-corrected chi connectivity index (χ1v) is 6.53. The molecule has 0 aliphatic rings. The lowest BCUT2D eigenvalue weighted by Gasteiger charge is -2.06. The zero-order chi connectivity index (χ0) is 13.4. The summed E-state index contributed by atoms with van der Waals surface area (Å²) in [5.41, 5.74) is 2.35. The Labute approximate surface area is 112 Å². The molecule has 2 nitrogen and oxygen atoms in total. The number of aryl methyl sites for hydroxylation is 1. The highest BCUT2D eigenvalue weighted by atomic mass is 16.1. The maximum absolute atomic E-state index is 11.2. The first-order valence-electron chi connectivity index (χ1n) is 6.53. The minimum atomic E-state index is -0.0404. The quantitative estimate of drug-likeness (QED) is 0.720. The Bertz CT molecular complexity index is 363. The van der Waals surface area contributed by atoms with Gasteiger partial charge in [0.1, 0.15) is 0 Å². The summed E-state index contributed by atoms with van der Waals surface area (Å²) >= 11 is 0. The Morgan fingerprint density at radius 2 is 2.00 bits per heavy atom. The highest BCUT2D eigenvalue weighted by molar-refractivity contribution is 6.53. The molecule has 3 radical (unpaired) electrons. The van der Waals surface area contributed by atoms with Crippen LogP contribution in [0.2, 0.25) is 6.32 Å². The normalized spacial score (nSPS) is 10.4. The van der Waals surface area contributed by atoms with Crippen LogP contribution in [0.1, 0.15) is 32.3 Å². The number of nitrogens with one attached hydrogen (secondary N) is 1. The molecule has 93 valence electrons. The van der Waals surface area contributed by atoms with Crippen molar-refractivity contribution < 1.29 is 4.79 Å². The second-order valence-electron chi connectivity index (χ2n) is 4.92. The van der Waals surface area contributed by atoms with E-state index < -0.39 is 0 Å². The molecule has 1 rings (SSSR count). The summed E-state index contributed by atoms with van der Waals surface area (Å²) in [5.74, 6) is 0.688. The molecule has 1 amide bonds. The molecular weight excluding hydrogens is 220 g/mol. The second-order valence-corrected chi connectivity index (χ2v) is 4.92. The first kappa shape index (κ1) is 14.9. The van der Waals surface area contributed by atoms with E-state index in [0.717, 1.165) is 17.8 Å². The number of amides is 1. The van der Waals surface area contributed by atoms with E-state index in [1.807, 2.05) is 12.1 Å². The molecule has 0 bridgehead atoms. The minimum absolute atomic E-state index is 0.0404. The summed E-state index contributed by atoms with van der Waals surface area (Å²) < 4.78 is 0. The molecular formula is C14H20B2NO. The fraction of sp³-hybridized carbons (Fsp3) is 0.500. The van der Waals surface area contributed by atoms with E-state index in [4.69, 9.17) is 7.85 Å². The van der Waals surface area contributed by atoms with Gasteiger partial charge < -0.3 is 5.23 Å². The maximum Gasteiger partial charge on any atom is 0.284 e. The van der Waals surface area contributed by atoms with Crippen molar-refractivity contribution in [3.05, 3.63) is 29.8 Å². The van der Waals surface area contributed by atoms with Crippen molar-refractivity contribution >= 4 is 26.6 Å². The highest BCUT2D eigenvalue weighted by Crippen LogP contribution is 2.07. The molecule has 0 aliphatic carbocycles. The summed E-state index contributed by atoms with van der Waals surface area (Å²) in [6.45, 7) is 4.46. The van der Waals surface area contributed by atoms with Gasteiger partial charge in [-0.3, -0.25) is 4.79 Å². The Hall–Kier alpha value is -1.18. The van der Waals surface area contributed by atoms with E-state index in [1.54, 1.807) is 7.41 Å². The summed E-state index contributed by atoms with van der Waals surface area (Å²) in [7, 11) is 7.03. The average Bonchev–Trinajstić information content (AvgIpc) is 2.35. The second kappa shape index (κ2) is 8.02. The third-order valence-corrected chi connectivity index (χ3v) is 2.76. The Morgan fingerprint density at radius 3 is 2.56 bits per heavy atom. The summed E-state index contributed by atoms with van der Waals surface area (Å²) in [6, 6.07) is 8.28. The van der Waals surface area contributed by atoms with Crippen molar-refractivity contribution in [2.75, 3.05) is 0 Å². The lowest BCUT2D eigenvalue weighted by molar-refractivity contribution is -0.119. The number of carbonyl (C=O) groups excluding carboxylic acids is 1. The number of carbonyl (C=O) groups is 1. The van der Waals surface area contributed by atoms with Crippen LogP contribution in [0.5, 0.6) is 0 Å². The van der Waals surface area contributed by atoms with Crippen LogP contribution in [0.4, 0.5) is 0 Å². The fourth-order valence-electron chi connectivity index (χ4n) is 1.60. The Morgan fingerprint density at radius 1 is 1.33 bits per heavy atom. The van der Waals surface area contributed by atoms with Gasteiger partial charge in [-0.2, -0.15) is 0 Å². The molecule has 1 aromatic carbocycles. The monoisotopic (exact) mass is 240 g/mol. The van der Waals surface area contributed by atoms with E-state index in [2.05, 4.69) is 31.2 Å². The Kier molecular flexibility index (Phi) is 6.63. The van der Waals surface area contributed by atoms with Gasteiger partial charge in [-0.15, -0.1) is 0 Å². The SMILES string of the molecule is [B]CCC(=O)N[B]c1ccc(CCC(C)C)cc1. The van der Waals surface area contributed by atoms with Crippen LogP contribution in [-0.2, 0) is 11.2 Å². The van der Waals surface area contributed by atoms with Crippen LogP contribution >= 0.6 is 0 Å². The largest absolute Gasteiger partial charge is 0.398 e. The van der Waals surface area contributed by atoms with E-state index >= 15 is 0 Å². The maximum atomic E-state index is 11.2. The standard InChI is InChI=1S/C14H20B2NO/c1-11(2)3-4-12-5-7-13(8-6-12)16-17-14(18)9-10-15/h5-8,11H,3-4,9-10H2,1-2H3,(H,17,18). The molecule has 0 aliphatic heterocycles. The van der Waals surface area contributed by atoms with Crippen molar-refractivity contribution in [3.8, 4) is 0 Å². The van der Waals surface area contributed by atoms with E-state index in [9.17, 15) is 4.79 Å². The number of rotatable bonds is 7. The number of hydrogen-bond donors (Lipinski definition) is 1. The molecule has 1 aromatic rings. The first-order chi connectivity index (χ1) is 8.61. The van der Waals surface area contributed by atoms with Crippen LogP contribution in [0.15, 0.2) is 24.3 Å². The number of hydrogen-bond acceptors (Lipinski definition) is 1. The molecule has 0 heterocycles. The number of benzene rings is 1. The molecule has 0 aromatic heterocycles. The van der Waals surface area contributed by atoms with Crippen LogP contribution < -0.4 is 10.7 Å². The molecule has 0 atom stereocenters. The summed E-state index contributed by atoms with van der Waals surface area (Å²) in [4.78, 5) is 11.2. The third-order valence-electron chi connectivity index (χ3n) is 2.76. The van der Waals surface area contributed by atoms with Crippen molar-refractivity contribution in [1.82, 2.24) is 5.23 Å². The van der Waals surface area contributed by atoms with Crippen LogP contribution in [0.3, 0.4) is 0 Å². The van der Waals surface area contributed by atoms with E-state index in [-0.39, 0.29) is 5.91 Å². The zero-order valence-electron chi connectivity index (χ0n) is 11.3. The molecule has 0 unspecified atom stereocenters. The zero-order valence-corrected chi connectivity index (χ0v) is 11.3. The topological polar surface area (TPSA) is 29.1 Å². The summed E-state index contributed by atoms with van der Waals surface area (Å²) in [6.07, 6.45) is 3.06.